The quantitative estimate of drug-likeness (QED) is 0.0950. The van der Waals surface area contributed by atoms with Crippen LogP contribution in [0.2, 0.25) is 0 Å². The molecule has 4 rings (SSSR count). The van der Waals surface area contributed by atoms with Crippen LogP contribution in [0.1, 0.15) is 23.6 Å². The molecule has 9 heteroatoms. The number of hydrogen-bond acceptors (Lipinski definition) is 6. The number of aryl methyl sites for hydroxylation is 1. The van der Waals surface area contributed by atoms with E-state index in [1.807, 2.05) is 55.5 Å². The Kier molecular flexibility index (Phi) is 8.59. The highest BCUT2D eigenvalue weighted by Gasteiger charge is 2.17. The lowest BCUT2D eigenvalue weighted by molar-refractivity contribution is -0.384. The van der Waals surface area contributed by atoms with Crippen LogP contribution in [0.15, 0.2) is 82.8 Å². The van der Waals surface area contributed by atoms with Gasteiger partial charge in [0, 0.05) is 12.1 Å². The minimum absolute atomic E-state index is 0.164. The van der Waals surface area contributed by atoms with Crippen molar-refractivity contribution in [3.63, 3.8) is 0 Å². The third-order valence-electron chi connectivity index (χ3n) is 5.94. The van der Waals surface area contributed by atoms with Crippen molar-refractivity contribution in [2.45, 2.75) is 20.5 Å². The highest BCUT2D eigenvalue weighted by molar-refractivity contribution is 9.10. The number of benzene rings is 4. The SMILES string of the molecule is CCOc1cc(/C=C(\C#N)C(=O)Nc2cc([N+](=O)[O-])ccc2C)cc(Br)c1OCc1cccc2ccccc12. The van der Waals surface area contributed by atoms with Crippen LogP contribution >= 0.6 is 15.9 Å². The van der Waals surface area contributed by atoms with E-state index in [9.17, 15) is 20.2 Å². The molecule has 0 unspecified atom stereocenters. The van der Waals surface area contributed by atoms with E-state index >= 15 is 0 Å². The number of nitrogens with one attached hydrogen (secondary N) is 1. The van der Waals surface area contributed by atoms with Gasteiger partial charge in [0.25, 0.3) is 11.6 Å². The Bertz CT molecular complexity index is 1640. The maximum atomic E-state index is 12.9. The summed E-state index contributed by atoms with van der Waals surface area (Å²) in [5, 5.41) is 25.6. The summed E-state index contributed by atoms with van der Waals surface area (Å²) >= 11 is 3.54. The lowest BCUT2D eigenvalue weighted by atomic mass is 10.1. The highest BCUT2D eigenvalue weighted by Crippen LogP contribution is 2.38. The lowest BCUT2D eigenvalue weighted by Gasteiger charge is -2.16. The summed E-state index contributed by atoms with van der Waals surface area (Å²) in [7, 11) is 0. The maximum Gasteiger partial charge on any atom is 0.271 e. The number of non-ortho nitro benzene ring substituents is 1. The number of fused-ring (bicyclic) bond motifs is 1. The van der Waals surface area contributed by atoms with Crippen molar-refractivity contribution in [1.82, 2.24) is 0 Å². The molecule has 0 fully saturated rings. The van der Waals surface area contributed by atoms with E-state index in [4.69, 9.17) is 9.47 Å². The normalized spacial score (nSPS) is 11.1. The molecule has 0 saturated heterocycles. The number of ether oxygens (including phenoxy) is 2. The number of rotatable bonds is 9. The first-order chi connectivity index (χ1) is 18.8. The number of hydrogen-bond donors (Lipinski definition) is 1. The lowest BCUT2D eigenvalue weighted by Crippen LogP contribution is -2.14. The number of amides is 1. The van der Waals surface area contributed by atoms with E-state index in [0.717, 1.165) is 16.3 Å². The van der Waals surface area contributed by atoms with Gasteiger partial charge in [-0.15, -0.1) is 0 Å². The number of halogens is 1. The van der Waals surface area contributed by atoms with E-state index in [1.165, 1.54) is 24.3 Å². The Morgan fingerprint density at radius 3 is 2.62 bits per heavy atom. The van der Waals surface area contributed by atoms with Gasteiger partial charge in [-0.1, -0.05) is 48.5 Å². The number of nitro benzene ring substituents is 1. The highest BCUT2D eigenvalue weighted by atomic mass is 79.9. The molecule has 0 aromatic heterocycles. The van der Waals surface area contributed by atoms with Crippen molar-refractivity contribution in [2.24, 2.45) is 0 Å². The molecule has 0 aliphatic heterocycles. The summed E-state index contributed by atoms with van der Waals surface area (Å²) in [5.74, 6) is 0.258. The Morgan fingerprint density at radius 1 is 1.10 bits per heavy atom. The van der Waals surface area contributed by atoms with E-state index in [0.29, 0.717) is 40.3 Å². The Morgan fingerprint density at radius 2 is 1.87 bits per heavy atom. The van der Waals surface area contributed by atoms with Crippen LogP contribution < -0.4 is 14.8 Å². The molecular weight excluding hydrogens is 562 g/mol. The van der Waals surface area contributed by atoms with Gasteiger partial charge in [0.2, 0.25) is 0 Å². The molecule has 0 aliphatic rings. The summed E-state index contributed by atoms with van der Waals surface area (Å²) in [4.78, 5) is 23.4. The topological polar surface area (TPSA) is 114 Å². The zero-order valence-corrected chi connectivity index (χ0v) is 22.8. The molecule has 39 heavy (non-hydrogen) atoms. The summed E-state index contributed by atoms with van der Waals surface area (Å²) in [5.41, 5.74) is 2.09. The van der Waals surface area contributed by atoms with Gasteiger partial charge in [-0.05, 0) is 75.4 Å². The minimum atomic E-state index is -0.688. The second-order valence-corrected chi connectivity index (χ2v) is 9.42. The Labute approximate surface area is 233 Å². The third kappa shape index (κ3) is 6.43. The van der Waals surface area contributed by atoms with Crippen LogP contribution in [0.25, 0.3) is 16.8 Å². The van der Waals surface area contributed by atoms with Crippen molar-refractivity contribution in [3.05, 3.63) is 110 Å². The van der Waals surface area contributed by atoms with Gasteiger partial charge < -0.3 is 14.8 Å². The third-order valence-corrected chi connectivity index (χ3v) is 6.53. The molecule has 0 atom stereocenters. The van der Waals surface area contributed by atoms with E-state index in [1.54, 1.807) is 19.1 Å². The van der Waals surface area contributed by atoms with Crippen LogP contribution in [0.4, 0.5) is 11.4 Å². The van der Waals surface area contributed by atoms with Crippen molar-refractivity contribution in [3.8, 4) is 17.6 Å². The minimum Gasteiger partial charge on any atom is -0.490 e. The monoisotopic (exact) mass is 585 g/mol. The smallest absolute Gasteiger partial charge is 0.271 e. The molecule has 0 radical (unpaired) electrons. The molecule has 0 spiro atoms. The second kappa shape index (κ2) is 12.2. The summed E-state index contributed by atoms with van der Waals surface area (Å²) in [6.07, 6.45) is 1.42. The molecule has 0 saturated carbocycles. The fourth-order valence-corrected chi connectivity index (χ4v) is 4.58. The molecule has 0 heterocycles. The molecule has 1 N–H and O–H groups in total. The molecule has 196 valence electrons. The average Bonchev–Trinajstić information content (AvgIpc) is 2.92. The summed E-state index contributed by atoms with van der Waals surface area (Å²) < 4.78 is 12.6. The molecule has 0 aliphatic carbocycles. The molecule has 1 amide bonds. The molecule has 4 aromatic carbocycles. The zero-order valence-electron chi connectivity index (χ0n) is 21.2. The summed E-state index contributed by atoms with van der Waals surface area (Å²) in [6.45, 7) is 4.24. The Hall–Kier alpha value is -4.68. The van der Waals surface area contributed by atoms with Crippen LogP contribution in [-0.4, -0.2) is 17.4 Å². The van der Waals surface area contributed by atoms with Crippen molar-refractivity contribution in [1.29, 1.82) is 5.26 Å². The van der Waals surface area contributed by atoms with E-state index in [-0.39, 0.29) is 16.9 Å². The first-order valence-electron chi connectivity index (χ1n) is 12.0. The molecule has 8 nitrogen and oxygen atoms in total. The van der Waals surface area contributed by atoms with Crippen molar-refractivity contribution < 1.29 is 19.2 Å². The largest absolute Gasteiger partial charge is 0.490 e. The second-order valence-electron chi connectivity index (χ2n) is 8.57. The van der Waals surface area contributed by atoms with Gasteiger partial charge in [0.05, 0.1) is 21.7 Å². The number of carbonyl (C=O) groups is 1. The van der Waals surface area contributed by atoms with Gasteiger partial charge in [-0.25, -0.2) is 0 Å². The van der Waals surface area contributed by atoms with Gasteiger partial charge in [0.15, 0.2) is 11.5 Å². The number of carbonyl (C=O) groups excluding carboxylic acids is 1. The van der Waals surface area contributed by atoms with Crippen LogP contribution in [-0.2, 0) is 11.4 Å². The molecule has 0 bridgehead atoms. The molecule has 4 aromatic rings. The van der Waals surface area contributed by atoms with E-state index in [2.05, 4.69) is 21.2 Å². The first-order valence-corrected chi connectivity index (χ1v) is 12.8. The predicted molar refractivity (Wildman–Crippen MR) is 154 cm³/mol. The fraction of sp³-hybridized carbons (Fsp3) is 0.133. The molecular formula is C30H24BrN3O5. The summed E-state index contributed by atoms with van der Waals surface area (Å²) in [6, 6.07) is 23.6. The van der Waals surface area contributed by atoms with Crippen molar-refractivity contribution >= 4 is 50.1 Å². The predicted octanol–water partition coefficient (Wildman–Crippen LogP) is 7.34. The van der Waals surface area contributed by atoms with E-state index < -0.39 is 10.8 Å². The number of nitrogens with zero attached hydrogens (tertiary/aromatic N) is 2. The standard InChI is InChI=1S/C30H24BrN3O5/c1-3-38-28-15-20(13-23(17-32)30(35)33-27-16-24(34(36)37)12-11-19(27)2)14-26(31)29(28)39-18-22-9-6-8-21-7-4-5-10-25(21)22/h4-16H,3,18H2,1-2H3,(H,33,35)/b23-13+. The van der Waals surface area contributed by atoms with Gasteiger partial charge in [-0.3, -0.25) is 14.9 Å². The number of nitriles is 1. The maximum absolute atomic E-state index is 12.9. The van der Waals surface area contributed by atoms with Gasteiger partial charge in [0.1, 0.15) is 18.2 Å². The number of anilines is 1. The van der Waals surface area contributed by atoms with Crippen LogP contribution in [0, 0.1) is 28.4 Å². The number of nitro groups is 1. The van der Waals surface area contributed by atoms with Gasteiger partial charge in [-0.2, -0.15) is 5.26 Å². The van der Waals surface area contributed by atoms with Gasteiger partial charge >= 0.3 is 0 Å². The van der Waals surface area contributed by atoms with Crippen LogP contribution in [0.5, 0.6) is 11.5 Å². The average molecular weight is 586 g/mol. The van der Waals surface area contributed by atoms with Crippen molar-refractivity contribution in [2.75, 3.05) is 11.9 Å². The Balaban J connectivity index is 1.60. The fourth-order valence-electron chi connectivity index (χ4n) is 4.01. The zero-order chi connectivity index (χ0) is 27.9. The first kappa shape index (κ1) is 27.4. The van der Waals surface area contributed by atoms with Crippen LogP contribution in [0.3, 0.4) is 0 Å².